The van der Waals surface area contributed by atoms with Gasteiger partial charge in [-0.05, 0) is 96.7 Å². The van der Waals surface area contributed by atoms with Gasteiger partial charge in [-0.1, -0.05) is 66.5 Å². The third kappa shape index (κ3) is 11.5. The van der Waals surface area contributed by atoms with Crippen molar-refractivity contribution in [3.05, 3.63) is 126 Å². The molecule has 2 aliphatic heterocycles. The van der Waals surface area contributed by atoms with E-state index in [1.807, 2.05) is 54.6 Å². The van der Waals surface area contributed by atoms with Gasteiger partial charge in [0.15, 0.2) is 11.5 Å². The highest BCUT2D eigenvalue weighted by molar-refractivity contribution is 6.18. The number of halogens is 1. The van der Waals surface area contributed by atoms with Crippen molar-refractivity contribution in [1.82, 2.24) is 4.90 Å². The van der Waals surface area contributed by atoms with Crippen LogP contribution in [0.25, 0.3) is 0 Å². The van der Waals surface area contributed by atoms with Crippen LogP contribution in [0.1, 0.15) is 67.6 Å². The number of oxime groups is 1. The summed E-state index contributed by atoms with van der Waals surface area (Å²) in [5.41, 5.74) is 4.20. The van der Waals surface area contributed by atoms with E-state index in [0.29, 0.717) is 65.8 Å². The number of unbranched alkanes of at least 4 members (excludes halogenated alkanes) is 2. The molecule has 16 nitrogen and oxygen atoms in total. The van der Waals surface area contributed by atoms with Crippen LogP contribution in [0.5, 0.6) is 34.5 Å². The molecule has 6 unspecified atom stereocenters. The first kappa shape index (κ1) is 50.9. The summed E-state index contributed by atoms with van der Waals surface area (Å²) in [6.07, 6.45) is 6.67. The van der Waals surface area contributed by atoms with E-state index >= 15 is 0 Å². The predicted octanol–water partition coefficient (Wildman–Crippen LogP) is 9.75. The first-order valence-electron chi connectivity index (χ1n) is 24.1. The zero-order chi connectivity index (χ0) is 49.7. The Balaban J connectivity index is 1.30. The standard InChI is InChI=1S/C54H62ClN3O13/c1-4-25-68-54-49(58(53(62)65-26-22-55)32-36-16-20-46-48(27-36)67-34-66-46)31-44(57-69-33-35-12-6-5-7-13-35)41-28-37(14-8-10-23-59)40(15-9-11-24-60)50(51(41)54)42-29-39(18-21-45(42)71-54)70-52(61)56-43-19-17-38(63-2)30-47(43)64-3/h4-7,12-13,16-21,27-30,37,40,49-51,59-60H,1,8-11,14-15,22-26,31-34H2,2-3H3,(H,56,61). The third-order valence-electron chi connectivity index (χ3n) is 13.5. The number of hydrogen-bond donors (Lipinski definition) is 3. The van der Waals surface area contributed by atoms with Gasteiger partial charge in [-0.3, -0.25) is 10.2 Å². The molecule has 6 atom stereocenters. The zero-order valence-corrected chi connectivity index (χ0v) is 40.9. The maximum absolute atomic E-state index is 14.8. The van der Waals surface area contributed by atoms with Crippen LogP contribution in [0, 0.1) is 17.8 Å². The Morgan fingerprint density at radius 1 is 0.901 bits per heavy atom. The van der Waals surface area contributed by atoms with E-state index in [9.17, 15) is 19.8 Å². The summed E-state index contributed by atoms with van der Waals surface area (Å²) in [5.74, 6) is 0.0108. The Labute approximate surface area is 419 Å². The van der Waals surface area contributed by atoms with E-state index in [4.69, 9.17) is 59.5 Å². The van der Waals surface area contributed by atoms with Crippen LogP contribution in [0.15, 0.2) is 114 Å². The topological polar surface area (TPSA) is 185 Å². The summed E-state index contributed by atoms with van der Waals surface area (Å²) in [4.78, 5) is 36.3. The largest absolute Gasteiger partial charge is 0.497 e. The van der Waals surface area contributed by atoms with E-state index in [1.165, 1.54) is 7.11 Å². The Bertz CT molecular complexity index is 2540. The SMILES string of the molecule is C=CCOC12Oc3ccc(OC(=O)Nc4ccc(OC)cc4OC)cc3C3C(CCCCO)C(CCCCO)C=C(C(=NOCc4ccccc4)CC1N(Cc1ccc4c(c1)OCO4)C(=O)OCCCl)C32. The second-order valence-corrected chi connectivity index (χ2v) is 18.1. The highest BCUT2D eigenvalue weighted by atomic mass is 35.5. The lowest BCUT2D eigenvalue weighted by Gasteiger charge is -2.59. The number of nitrogens with zero attached hydrogens (tertiary/aromatic N) is 2. The molecule has 0 spiro atoms. The van der Waals surface area contributed by atoms with Crippen molar-refractivity contribution in [2.45, 2.75) is 75.8 Å². The lowest BCUT2D eigenvalue weighted by atomic mass is 9.55. The maximum atomic E-state index is 14.8. The fourth-order valence-electron chi connectivity index (χ4n) is 10.4. The molecule has 0 bridgehead atoms. The van der Waals surface area contributed by atoms with Gasteiger partial charge in [0.1, 0.15) is 42.3 Å². The molecule has 2 aliphatic carbocycles. The number of allylic oxidation sites excluding steroid dienone is 1. The van der Waals surface area contributed by atoms with Crippen molar-refractivity contribution in [3.8, 4) is 34.5 Å². The highest BCUT2D eigenvalue weighted by Crippen LogP contribution is 2.62. The molecule has 4 aliphatic rings. The molecule has 17 heteroatoms. The Hall–Kier alpha value is -6.46. The number of aliphatic hydroxyl groups is 2. The lowest BCUT2D eigenvalue weighted by Crippen LogP contribution is -2.70. The van der Waals surface area contributed by atoms with Crippen LogP contribution in [0.4, 0.5) is 15.3 Å². The average Bonchev–Trinajstić information content (AvgIpc) is 3.86. The number of carbonyl (C=O) groups is 2. The summed E-state index contributed by atoms with van der Waals surface area (Å²) in [6, 6.07) is 24.6. The van der Waals surface area contributed by atoms with Gasteiger partial charge < -0.3 is 52.9 Å². The fourth-order valence-corrected chi connectivity index (χ4v) is 10.4. The van der Waals surface area contributed by atoms with Crippen molar-refractivity contribution in [3.63, 3.8) is 0 Å². The molecule has 378 valence electrons. The number of alkyl halides is 1. The molecule has 8 rings (SSSR count). The van der Waals surface area contributed by atoms with Crippen molar-refractivity contribution < 1.29 is 62.5 Å². The molecule has 2 amide bonds. The minimum absolute atomic E-state index is 0.0200. The van der Waals surface area contributed by atoms with Crippen molar-refractivity contribution in [2.24, 2.45) is 22.9 Å². The van der Waals surface area contributed by atoms with Crippen molar-refractivity contribution >= 4 is 35.2 Å². The zero-order valence-electron chi connectivity index (χ0n) is 40.1. The molecule has 2 heterocycles. The molecule has 0 aromatic heterocycles. The smallest absolute Gasteiger partial charge is 0.417 e. The van der Waals surface area contributed by atoms with Crippen LogP contribution in [-0.4, -0.2) is 98.2 Å². The first-order valence-corrected chi connectivity index (χ1v) is 24.6. The van der Waals surface area contributed by atoms with E-state index < -0.39 is 35.9 Å². The van der Waals surface area contributed by atoms with E-state index in [2.05, 4.69) is 18.0 Å². The number of methoxy groups -OCH3 is 2. The van der Waals surface area contributed by atoms with Gasteiger partial charge in [0.25, 0.3) is 0 Å². The van der Waals surface area contributed by atoms with Gasteiger partial charge in [0.05, 0.1) is 44.0 Å². The van der Waals surface area contributed by atoms with E-state index in [0.717, 1.165) is 35.1 Å². The molecule has 1 fully saturated rings. The van der Waals surface area contributed by atoms with Crippen LogP contribution in [-0.2, 0) is 27.5 Å². The van der Waals surface area contributed by atoms with Gasteiger partial charge in [-0.25, -0.2) is 9.59 Å². The summed E-state index contributed by atoms with van der Waals surface area (Å²) < 4.78 is 48.7. The second kappa shape index (κ2) is 24.1. The molecular formula is C54H62ClN3O13. The number of hydrogen-bond acceptors (Lipinski definition) is 14. The Morgan fingerprint density at radius 2 is 1.68 bits per heavy atom. The van der Waals surface area contributed by atoms with Crippen LogP contribution >= 0.6 is 11.6 Å². The van der Waals surface area contributed by atoms with Crippen LogP contribution in [0.2, 0.25) is 0 Å². The van der Waals surface area contributed by atoms with Gasteiger partial charge in [0, 0.05) is 43.7 Å². The van der Waals surface area contributed by atoms with Gasteiger partial charge in [-0.2, -0.15) is 0 Å². The quantitative estimate of drug-likeness (QED) is 0.0276. The Kier molecular flexibility index (Phi) is 17.3. The van der Waals surface area contributed by atoms with Crippen LogP contribution < -0.4 is 33.7 Å². The molecule has 1 saturated carbocycles. The molecule has 3 N–H and O–H groups in total. The van der Waals surface area contributed by atoms with Crippen LogP contribution in [0.3, 0.4) is 0 Å². The van der Waals surface area contributed by atoms with Gasteiger partial charge in [0.2, 0.25) is 12.6 Å². The Morgan fingerprint density at radius 3 is 2.44 bits per heavy atom. The number of nitrogens with one attached hydrogen (secondary N) is 1. The lowest BCUT2D eigenvalue weighted by molar-refractivity contribution is -0.256. The maximum Gasteiger partial charge on any atom is 0.417 e. The number of amides is 2. The molecular weight excluding hydrogens is 934 g/mol. The number of fused-ring (bicyclic) bond motifs is 3. The average molecular weight is 997 g/mol. The molecule has 0 saturated heterocycles. The second-order valence-electron chi connectivity index (χ2n) is 17.7. The first-order chi connectivity index (χ1) is 34.7. The number of benzene rings is 4. The highest BCUT2D eigenvalue weighted by Gasteiger charge is 2.66. The fraction of sp³-hybridized carbons (Fsp3) is 0.426. The minimum atomic E-state index is -1.61. The molecule has 0 radical (unpaired) electrons. The third-order valence-corrected chi connectivity index (χ3v) is 13.6. The summed E-state index contributed by atoms with van der Waals surface area (Å²) in [7, 11) is 3.04. The number of ether oxygens (including phenoxy) is 8. The minimum Gasteiger partial charge on any atom is -0.497 e. The van der Waals surface area contributed by atoms with Gasteiger partial charge >= 0.3 is 12.2 Å². The van der Waals surface area contributed by atoms with E-state index in [-0.39, 0.29) is 76.3 Å². The summed E-state index contributed by atoms with van der Waals surface area (Å²) in [6.45, 7) is 4.38. The molecule has 4 aromatic rings. The van der Waals surface area contributed by atoms with E-state index in [1.54, 1.807) is 48.4 Å². The summed E-state index contributed by atoms with van der Waals surface area (Å²) in [5, 5.41) is 27.8. The predicted molar refractivity (Wildman–Crippen MR) is 266 cm³/mol. The normalized spacial score (nSPS) is 22.0. The monoisotopic (exact) mass is 995 g/mol. The number of anilines is 1. The molecule has 4 aromatic carbocycles. The summed E-state index contributed by atoms with van der Waals surface area (Å²) >= 11 is 6.15. The number of carbonyl (C=O) groups excluding carboxylic acids is 2. The van der Waals surface area contributed by atoms with Gasteiger partial charge in [-0.15, -0.1) is 18.2 Å². The number of aliphatic hydroxyl groups excluding tert-OH is 2. The number of rotatable bonds is 23. The molecule has 71 heavy (non-hydrogen) atoms. The van der Waals surface area contributed by atoms with Crippen molar-refractivity contribution in [1.29, 1.82) is 0 Å². The van der Waals surface area contributed by atoms with Crippen molar-refractivity contribution in [2.75, 3.05) is 58.6 Å².